The van der Waals surface area contributed by atoms with Crippen molar-refractivity contribution in [2.45, 2.75) is 32.7 Å². The smallest absolute Gasteiger partial charge is 0.344 e. The molecule has 1 amide bonds. The van der Waals surface area contributed by atoms with Crippen LogP contribution in [0.5, 0.6) is 5.75 Å². The van der Waals surface area contributed by atoms with E-state index in [1.54, 1.807) is 13.0 Å². The van der Waals surface area contributed by atoms with Crippen LogP contribution >= 0.6 is 0 Å². The van der Waals surface area contributed by atoms with Crippen LogP contribution in [0.3, 0.4) is 0 Å². The van der Waals surface area contributed by atoms with Crippen molar-refractivity contribution in [3.63, 3.8) is 0 Å². The van der Waals surface area contributed by atoms with Gasteiger partial charge in [0.05, 0.1) is 17.0 Å². The topological polar surface area (TPSA) is 98.8 Å². The van der Waals surface area contributed by atoms with Crippen LogP contribution in [0.1, 0.15) is 24.5 Å². The van der Waals surface area contributed by atoms with Gasteiger partial charge in [-0.3, -0.25) is 4.79 Å². The number of sulfone groups is 1. The largest absolute Gasteiger partial charge is 0.482 e. The fourth-order valence-electron chi connectivity index (χ4n) is 2.77. The van der Waals surface area contributed by atoms with Gasteiger partial charge >= 0.3 is 5.97 Å². The quantitative estimate of drug-likeness (QED) is 0.749. The predicted molar refractivity (Wildman–Crippen MR) is 92.2 cm³/mol. The summed E-state index contributed by atoms with van der Waals surface area (Å²) in [5, 5.41) is 2.62. The monoisotopic (exact) mass is 369 g/mol. The molecule has 1 atom stereocenters. The molecule has 0 spiro atoms. The second-order valence-electron chi connectivity index (χ2n) is 6.67. The molecule has 0 bridgehead atoms. The van der Waals surface area contributed by atoms with Crippen molar-refractivity contribution in [3.05, 3.63) is 29.3 Å². The Bertz CT molecular complexity index is 773. The van der Waals surface area contributed by atoms with Gasteiger partial charge in [0.2, 0.25) is 0 Å². The fraction of sp³-hybridized carbons (Fsp3) is 0.529. The van der Waals surface area contributed by atoms with E-state index in [1.807, 2.05) is 26.0 Å². The molecule has 1 aliphatic rings. The average Bonchev–Trinajstić information content (AvgIpc) is 2.77. The summed E-state index contributed by atoms with van der Waals surface area (Å²) < 4.78 is 33.3. The number of ether oxygens (including phenoxy) is 2. The summed E-state index contributed by atoms with van der Waals surface area (Å²) in [6.07, 6.45) is 0.352. The number of benzene rings is 1. The summed E-state index contributed by atoms with van der Waals surface area (Å²) in [5.41, 5.74) is 1.19. The van der Waals surface area contributed by atoms with E-state index in [0.717, 1.165) is 11.1 Å². The van der Waals surface area contributed by atoms with Crippen molar-refractivity contribution in [2.24, 2.45) is 0 Å². The van der Waals surface area contributed by atoms with E-state index in [2.05, 4.69) is 5.32 Å². The van der Waals surface area contributed by atoms with Crippen molar-refractivity contribution >= 4 is 21.7 Å². The van der Waals surface area contributed by atoms with Crippen LogP contribution in [0, 0.1) is 13.8 Å². The molecule has 1 N–H and O–H groups in total. The van der Waals surface area contributed by atoms with Gasteiger partial charge in [-0.1, -0.05) is 17.7 Å². The number of nitrogens with one attached hydrogen (secondary N) is 1. The number of carbonyl (C=O) groups is 2. The summed E-state index contributed by atoms with van der Waals surface area (Å²) in [6, 6.07) is 5.58. The van der Waals surface area contributed by atoms with Crippen LogP contribution in [0.2, 0.25) is 0 Å². The van der Waals surface area contributed by atoms with Crippen molar-refractivity contribution in [2.75, 3.05) is 24.7 Å². The maximum absolute atomic E-state index is 11.9. The zero-order valence-electron chi connectivity index (χ0n) is 14.6. The minimum Gasteiger partial charge on any atom is -0.482 e. The second-order valence-corrected chi connectivity index (χ2v) is 8.85. The molecule has 1 heterocycles. The molecule has 1 saturated heterocycles. The maximum atomic E-state index is 11.9. The third kappa shape index (κ3) is 5.74. The molecule has 1 aliphatic heterocycles. The molecule has 8 heteroatoms. The highest BCUT2D eigenvalue weighted by atomic mass is 32.2. The number of aryl methyl sites for hydroxylation is 2. The first-order valence-corrected chi connectivity index (χ1v) is 9.78. The molecule has 0 radical (unpaired) electrons. The van der Waals surface area contributed by atoms with E-state index in [9.17, 15) is 18.0 Å². The Balaban J connectivity index is 1.75. The Labute approximate surface area is 147 Å². The molecule has 7 nitrogen and oxygen atoms in total. The van der Waals surface area contributed by atoms with E-state index in [0.29, 0.717) is 12.2 Å². The molecule has 0 saturated carbocycles. The number of carbonyl (C=O) groups excluding carboxylic acids is 2. The highest BCUT2D eigenvalue weighted by Gasteiger charge is 2.39. The van der Waals surface area contributed by atoms with Gasteiger partial charge in [0.15, 0.2) is 23.1 Å². The van der Waals surface area contributed by atoms with Crippen LogP contribution in [0.15, 0.2) is 18.2 Å². The molecule has 0 aliphatic carbocycles. The summed E-state index contributed by atoms with van der Waals surface area (Å²) >= 11 is 0. The van der Waals surface area contributed by atoms with Crippen LogP contribution in [-0.4, -0.2) is 50.6 Å². The zero-order valence-corrected chi connectivity index (χ0v) is 15.4. The third-order valence-electron chi connectivity index (χ3n) is 3.98. The number of amides is 1. The summed E-state index contributed by atoms with van der Waals surface area (Å²) in [5.74, 6) is -0.669. The van der Waals surface area contributed by atoms with Gasteiger partial charge in [-0.15, -0.1) is 0 Å². The van der Waals surface area contributed by atoms with E-state index in [4.69, 9.17) is 9.47 Å². The predicted octanol–water partition coefficient (Wildman–Crippen LogP) is 0.919. The molecule has 1 fully saturated rings. The molecule has 2 rings (SSSR count). The Hall–Kier alpha value is -2.09. The summed E-state index contributed by atoms with van der Waals surface area (Å²) in [6.45, 7) is 4.73. The van der Waals surface area contributed by atoms with Crippen molar-refractivity contribution in [1.82, 2.24) is 5.32 Å². The Kier molecular flexibility index (Phi) is 5.72. The number of hydrogen-bond acceptors (Lipinski definition) is 6. The van der Waals surface area contributed by atoms with Gasteiger partial charge < -0.3 is 14.8 Å². The lowest BCUT2D eigenvalue weighted by Gasteiger charge is -2.23. The average molecular weight is 369 g/mol. The third-order valence-corrected chi connectivity index (χ3v) is 5.89. The number of esters is 1. The summed E-state index contributed by atoms with van der Waals surface area (Å²) in [7, 11) is -3.12. The Morgan fingerprint density at radius 3 is 2.56 bits per heavy atom. The van der Waals surface area contributed by atoms with Crippen molar-refractivity contribution in [3.8, 4) is 5.75 Å². The minimum atomic E-state index is -3.12. The van der Waals surface area contributed by atoms with E-state index in [-0.39, 0.29) is 18.1 Å². The second kappa shape index (κ2) is 7.43. The zero-order chi connectivity index (χ0) is 18.7. The lowest BCUT2D eigenvalue weighted by molar-refractivity contribution is -0.150. The van der Waals surface area contributed by atoms with Crippen LogP contribution in [-0.2, 0) is 24.2 Å². The lowest BCUT2D eigenvalue weighted by Crippen LogP contribution is -2.48. The molecule has 0 aromatic heterocycles. The maximum Gasteiger partial charge on any atom is 0.344 e. The highest BCUT2D eigenvalue weighted by Crippen LogP contribution is 2.22. The van der Waals surface area contributed by atoms with E-state index in [1.165, 1.54) is 0 Å². The molecular weight excluding hydrogens is 346 g/mol. The Morgan fingerprint density at radius 1 is 1.24 bits per heavy atom. The molecule has 0 unspecified atom stereocenters. The van der Waals surface area contributed by atoms with Crippen molar-refractivity contribution in [1.29, 1.82) is 0 Å². The molecular formula is C17H23NO6S. The summed E-state index contributed by atoms with van der Waals surface area (Å²) in [4.78, 5) is 23.6. The normalized spacial score (nSPS) is 21.6. The minimum absolute atomic E-state index is 0.0489. The fourth-order valence-corrected chi connectivity index (χ4v) is 4.86. The molecule has 1 aromatic rings. The highest BCUT2D eigenvalue weighted by molar-refractivity contribution is 7.91. The van der Waals surface area contributed by atoms with Crippen LogP contribution in [0.25, 0.3) is 0 Å². The first-order valence-electron chi connectivity index (χ1n) is 7.96. The van der Waals surface area contributed by atoms with Crippen molar-refractivity contribution < 1.29 is 27.5 Å². The molecule has 138 valence electrons. The first kappa shape index (κ1) is 19.2. The Morgan fingerprint density at radius 2 is 1.96 bits per heavy atom. The number of rotatable bonds is 6. The lowest BCUT2D eigenvalue weighted by atomic mass is 10.0. The van der Waals surface area contributed by atoms with Gasteiger partial charge in [0.1, 0.15) is 5.75 Å². The van der Waals surface area contributed by atoms with E-state index < -0.39 is 33.9 Å². The van der Waals surface area contributed by atoms with Gasteiger partial charge in [-0.05, 0) is 38.8 Å². The van der Waals surface area contributed by atoms with Gasteiger partial charge in [-0.2, -0.15) is 0 Å². The van der Waals surface area contributed by atoms with Crippen LogP contribution in [0.4, 0.5) is 0 Å². The van der Waals surface area contributed by atoms with Gasteiger partial charge in [0, 0.05) is 0 Å². The number of hydrogen-bond donors (Lipinski definition) is 1. The van der Waals surface area contributed by atoms with Crippen LogP contribution < -0.4 is 10.1 Å². The molecule has 1 aromatic carbocycles. The SMILES string of the molecule is Cc1ccc(OCC(=O)OCC(=O)N[C@@]2(C)CCS(=O)(=O)C2)c(C)c1. The van der Waals surface area contributed by atoms with E-state index >= 15 is 0 Å². The first-order chi connectivity index (χ1) is 11.6. The standard InChI is InChI=1S/C17H23NO6S/c1-12-4-5-14(13(2)8-12)23-10-16(20)24-9-15(19)18-17(3)6-7-25(21,22)11-17/h4-5,8H,6-7,9-11H2,1-3H3,(H,18,19)/t17-/m0/s1. The van der Waals surface area contributed by atoms with Gasteiger partial charge in [0.25, 0.3) is 5.91 Å². The molecule has 25 heavy (non-hydrogen) atoms. The van der Waals surface area contributed by atoms with Gasteiger partial charge in [-0.25, -0.2) is 13.2 Å².